The first-order valence-corrected chi connectivity index (χ1v) is 10.0. The third-order valence-corrected chi connectivity index (χ3v) is 5.21. The Morgan fingerprint density at radius 1 is 1.21 bits per heavy atom. The molecule has 0 saturated heterocycles. The topological polar surface area (TPSA) is 119 Å². The maximum absolute atomic E-state index is 12.0. The molecule has 3 N–H and O–H groups in total. The average molecular weight is 396 g/mol. The molecule has 28 heavy (non-hydrogen) atoms. The highest BCUT2D eigenvalue weighted by Gasteiger charge is 2.34. The molecule has 2 atom stereocenters. The molecule has 3 amide bonds. The molecule has 1 aliphatic heterocycles. The number of hydrogen-bond donors (Lipinski definition) is 3. The van der Waals surface area contributed by atoms with E-state index in [4.69, 9.17) is 0 Å². The van der Waals surface area contributed by atoms with Gasteiger partial charge in [0.05, 0.1) is 12.3 Å². The summed E-state index contributed by atoms with van der Waals surface area (Å²) in [5, 5.41) is 24.7. The largest absolute Gasteiger partial charge is 0.390 e. The zero-order valence-corrected chi connectivity index (χ0v) is 17.1. The van der Waals surface area contributed by atoms with Gasteiger partial charge in [-0.25, -0.2) is 5.43 Å². The SMILES string of the molecule is CCCCCC(CC)CC(O)(CC)/C(CO)=N/NC(=O)CN1C(=O)C=CC1=O. The number of carbonyl (C=O) groups is 3. The van der Waals surface area contributed by atoms with Gasteiger partial charge in [-0.15, -0.1) is 0 Å². The van der Waals surface area contributed by atoms with Crippen LogP contribution >= 0.6 is 0 Å². The third kappa shape index (κ3) is 6.83. The van der Waals surface area contributed by atoms with Gasteiger partial charge in [0.1, 0.15) is 12.1 Å². The van der Waals surface area contributed by atoms with Crippen LogP contribution in [0.15, 0.2) is 17.3 Å². The van der Waals surface area contributed by atoms with E-state index in [1.807, 2.05) is 0 Å². The molecule has 0 aromatic carbocycles. The van der Waals surface area contributed by atoms with E-state index in [1.54, 1.807) is 6.92 Å². The van der Waals surface area contributed by atoms with Crippen LogP contribution in [0.3, 0.4) is 0 Å². The Balaban J connectivity index is 2.75. The number of unbranched alkanes of at least 4 members (excludes halogenated alkanes) is 2. The lowest BCUT2D eigenvalue weighted by Gasteiger charge is -2.31. The predicted molar refractivity (Wildman–Crippen MR) is 106 cm³/mol. The van der Waals surface area contributed by atoms with Crippen molar-refractivity contribution in [3.63, 3.8) is 0 Å². The van der Waals surface area contributed by atoms with E-state index >= 15 is 0 Å². The molecule has 0 aromatic heterocycles. The first kappa shape index (κ1) is 24.0. The van der Waals surface area contributed by atoms with Crippen LogP contribution in [0.25, 0.3) is 0 Å². The molecule has 1 rings (SSSR count). The summed E-state index contributed by atoms with van der Waals surface area (Å²) in [5.41, 5.74) is 0.995. The molecule has 0 bridgehead atoms. The Bertz CT molecular complexity index is 599. The number of hydrogen-bond acceptors (Lipinski definition) is 6. The lowest BCUT2D eigenvalue weighted by atomic mass is 9.81. The van der Waals surface area contributed by atoms with Crippen LogP contribution in [0, 0.1) is 5.92 Å². The van der Waals surface area contributed by atoms with E-state index in [0.29, 0.717) is 12.8 Å². The second kappa shape index (κ2) is 11.7. The Labute approximate surface area is 166 Å². The summed E-state index contributed by atoms with van der Waals surface area (Å²) < 4.78 is 0. The second-order valence-electron chi connectivity index (χ2n) is 7.21. The minimum atomic E-state index is -1.32. The lowest BCUT2D eigenvalue weighted by molar-refractivity contribution is -0.141. The molecule has 0 fully saturated rings. The minimum absolute atomic E-state index is 0.0782. The highest BCUT2D eigenvalue weighted by atomic mass is 16.3. The molecule has 1 heterocycles. The van der Waals surface area contributed by atoms with Crippen LogP contribution in [-0.2, 0) is 14.4 Å². The van der Waals surface area contributed by atoms with Crippen molar-refractivity contribution in [1.29, 1.82) is 0 Å². The van der Waals surface area contributed by atoms with Gasteiger partial charge >= 0.3 is 0 Å². The molecule has 0 aliphatic carbocycles. The normalized spacial score (nSPS) is 17.8. The van der Waals surface area contributed by atoms with Crippen LogP contribution in [-0.4, -0.2) is 57.3 Å². The van der Waals surface area contributed by atoms with Gasteiger partial charge in [0, 0.05) is 12.2 Å². The molecule has 0 saturated carbocycles. The maximum atomic E-state index is 12.0. The fourth-order valence-corrected chi connectivity index (χ4v) is 3.26. The fourth-order valence-electron chi connectivity index (χ4n) is 3.26. The summed E-state index contributed by atoms with van der Waals surface area (Å²) in [4.78, 5) is 35.8. The van der Waals surface area contributed by atoms with Gasteiger partial charge < -0.3 is 10.2 Å². The first-order valence-electron chi connectivity index (χ1n) is 10.0. The highest BCUT2D eigenvalue weighted by molar-refractivity contribution is 6.14. The van der Waals surface area contributed by atoms with Crippen molar-refractivity contribution in [2.75, 3.05) is 13.2 Å². The Kier molecular flexibility index (Phi) is 10.0. The van der Waals surface area contributed by atoms with E-state index in [1.165, 1.54) is 0 Å². The smallest absolute Gasteiger partial charge is 0.260 e. The van der Waals surface area contributed by atoms with E-state index in [2.05, 4.69) is 24.4 Å². The van der Waals surface area contributed by atoms with Crippen molar-refractivity contribution < 1.29 is 24.6 Å². The fraction of sp³-hybridized carbons (Fsp3) is 0.700. The zero-order valence-electron chi connectivity index (χ0n) is 17.1. The average Bonchev–Trinajstić information content (AvgIpc) is 2.99. The Hall–Kier alpha value is -2.06. The van der Waals surface area contributed by atoms with Crippen molar-refractivity contribution in [3.05, 3.63) is 12.2 Å². The summed E-state index contributed by atoms with van der Waals surface area (Å²) >= 11 is 0. The number of imide groups is 1. The first-order chi connectivity index (χ1) is 13.3. The van der Waals surface area contributed by atoms with Crippen LogP contribution in [0.2, 0.25) is 0 Å². The van der Waals surface area contributed by atoms with Crippen LogP contribution in [0.1, 0.15) is 65.7 Å². The number of nitrogens with one attached hydrogen (secondary N) is 1. The number of carbonyl (C=O) groups excluding carboxylic acids is 3. The van der Waals surface area contributed by atoms with Crippen LogP contribution in [0.5, 0.6) is 0 Å². The lowest BCUT2D eigenvalue weighted by Crippen LogP contribution is -2.44. The molecule has 0 radical (unpaired) electrons. The molecule has 0 aromatic rings. The van der Waals surface area contributed by atoms with Crippen molar-refractivity contribution in [1.82, 2.24) is 10.3 Å². The summed E-state index contributed by atoms with van der Waals surface area (Å²) in [7, 11) is 0. The molecule has 2 unspecified atom stereocenters. The van der Waals surface area contributed by atoms with E-state index in [-0.39, 0.29) is 11.6 Å². The van der Waals surface area contributed by atoms with Crippen LogP contribution < -0.4 is 5.43 Å². The van der Waals surface area contributed by atoms with Gasteiger partial charge in [0.15, 0.2) is 0 Å². The highest BCUT2D eigenvalue weighted by Crippen LogP contribution is 2.28. The summed E-state index contributed by atoms with van der Waals surface area (Å²) in [6.45, 7) is 5.05. The molecule has 8 nitrogen and oxygen atoms in total. The molecule has 8 heteroatoms. The predicted octanol–water partition coefficient (Wildman–Crippen LogP) is 1.51. The number of aliphatic hydroxyl groups is 2. The van der Waals surface area contributed by atoms with E-state index < -0.39 is 36.5 Å². The molecule has 0 spiro atoms. The summed E-state index contributed by atoms with van der Waals surface area (Å²) in [6.07, 6.45) is 8.23. The maximum Gasteiger partial charge on any atom is 0.260 e. The minimum Gasteiger partial charge on any atom is -0.390 e. The molecule has 1 aliphatic rings. The summed E-state index contributed by atoms with van der Waals surface area (Å²) in [5.74, 6) is -1.51. The van der Waals surface area contributed by atoms with Crippen molar-refractivity contribution >= 4 is 23.4 Å². The van der Waals surface area contributed by atoms with Crippen molar-refractivity contribution in [3.8, 4) is 0 Å². The Morgan fingerprint density at radius 3 is 2.36 bits per heavy atom. The quantitative estimate of drug-likeness (QED) is 0.189. The zero-order chi connectivity index (χ0) is 21.2. The van der Waals surface area contributed by atoms with Gasteiger partial charge in [-0.05, 0) is 18.8 Å². The number of rotatable bonds is 13. The van der Waals surface area contributed by atoms with Gasteiger partial charge in [0.25, 0.3) is 17.7 Å². The number of amides is 3. The van der Waals surface area contributed by atoms with Crippen LogP contribution in [0.4, 0.5) is 0 Å². The number of nitrogens with zero attached hydrogens (tertiary/aromatic N) is 2. The third-order valence-electron chi connectivity index (χ3n) is 5.21. The van der Waals surface area contributed by atoms with Gasteiger partial charge in [0.2, 0.25) is 0 Å². The second-order valence-corrected chi connectivity index (χ2v) is 7.21. The number of aliphatic hydroxyl groups excluding tert-OH is 1. The monoisotopic (exact) mass is 395 g/mol. The molecule has 158 valence electrons. The Morgan fingerprint density at radius 2 is 1.86 bits per heavy atom. The van der Waals surface area contributed by atoms with Crippen molar-refractivity contribution in [2.45, 2.75) is 71.3 Å². The van der Waals surface area contributed by atoms with Gasteiger partial charge in [-0.3, -0.25) is 19.3 Å². The number of hydrazone groups is 1. The van der Waals surface area contributed by atoms with E-state index in [9.17, 15) is 24.6 Å². The molecular formula is C20H33N3O5. The standard InChI is InChI=1S/C20H33N3O5/c1-4-7-8-9-15(5-2)12-20(28,6-3)16(14-24)21-22-17(25)13-23-18(26)10-11-19(23)27/h10-11,15,24,28H,4-9,12-14H2,1-3H3,(H,22,25)/b21-16+. The van der Waals surface area contributed by atoms with Gasteiger partial charge in [-0.2, -0.15) is 5.10 Å². The van der Waals surface area contributed by atoms with E-state index in [0.717, 1.165) is 49.2 Å². The van der Waals surface area contributed by atoms with Crippen molar-refractivity contribution in [2.24, 2.45) is 11.0 Å². The molecular weight excluding hydrogens is 362 g/mol. The summed E-state index contributed by atoms with van der Waals surface area (Å²) in [6, 6.07) is 0. The van der Waals surface area contributed by atoms with Gasteiger partial charge in [-0.1, -0.05) is 52.9 Å².